The highest BCUT2D eigenvalue weighted by molar-refractivity contribution is 9.12. The van der Waals surface area contributed by atoms with Gasteiger partial charge in [-0.1, -0.05) is 37.9 Å². The van der Waals surface area contributed by atoms with E-state index in [1.165, 1.54) is 30.3 Å². The van der Waals surface area contributed by atoms with Gasteiger partial charge in [0.1, 0.15) is 6.54 Å². The minimum atomic E-state index is -0.954. The van der Waals surface area contributed by atoms with Crippen molar-refractivity contribution in [2.24, 2.45) is 11.8 Å². The second-order valence-corrected chi connectivity index (χ2v) is 11.0. The number of ketones is 1. The van der Waals surface area contributed by atoms with Crippen LogP contribution in [-0.2, 0) is 9.59 Å². The van der Waals surface area contributed by atoms with Crippen molar-refractivity contribution in [3.05, 3.63) is 79.9 Å². The van der Waals surface area contributed by atoms with Crippen molar-refractivity contribution in [3.63, 3.8) is 0 Å². The van der Waals surface area contributed by atoms with Crippen LogP contribution in [0.5, 0.6) is 0 Å². The van der Waals surface area contributed by atoms with Crippen molar-refractivity contribution in [2.45, 2.75) is 22.5 Å². The molecule has 192 valence electrons. The van der Waals surface area contributed by atoms with Crippen LogP contribution in [-0.4, -0.2) is 59.6 Å². The van der Waals surface area contributed by atoms with Gasteiger partial charge in [0, 0.05) is 45.0 Å². The Labute approximate surface area is 226 Å². The van der Waals surface area contributed by atoms with E-state index in [-0.39, 0.29) is 32.2 Å². The number of amides is 3. The zero-order valence-corrected chi connectivity index (χ0v) is 22.0. The van der Waals surface area contributed by atoms with Crippen molar-refractivity contribution in [1.29, 1.82) is 0 Å². The minimum absolute atomic E-state index is 0.0139. The molecule has 1 saturated carbocycles. The lowest BCUT2D eigenvalue weighted by molar-refractivity contribution is -0.385. The van der Waals surface area contributed by atoms with Crippen LogP contribution in [0.4, 0.5) is 11.4 Å². The molecular formula is C23H18Br2N4O8. The second-order valence-electron chi connectivity index (χ2n) is 8.60. The van der Waals surface area contributed by atoms with Gasteiger partial charge in [-0.3, -0.25) is 39.4 Å². The number of imide groups is 1. The zero-order chi connectivity index (χ0) is 27.0. The summed E-state index contributed by atoms with van der Waals surface area (Å²) in [7, 11) is 0. The number of Topliss-reactive ketones (excluding diaryl/α,β-unsaturated/α-hetero) is 1. The number of hydrazine groups is 1. The fourth-order valence-electron chi connectivity index (χ4n) is 4.45. The predicted molar refractivity (Wildman–Crippen MR) is 135 cm³/mol. The standard InChI is InChI=1S/C23H18Br2N4O8/c24-18-9-16-17(10-19(18)25)23(33)27(22(16)32)26(21(31)13-2-1-3-15(8-13)29(36)37)11-20(30)12-4-6-14(7-5-12)28(34)35/h1-8,16-19H,9-11H2/t16-,17-,18+,19+/m1/s1. The summed E-state index contributed by atoms with van der Waals surface area (Å²) in [6.07, 6.45) is 0.660. The molecule has 0 spiro atoms. The van der Waals surface area contributed by atoms with Crippen molar-refractivity contribution in [2.75, 3.05) is 6.54 Å². The molecule has 0 bridgehead atoms. The number of fused-ring (bicyclic) bond motifs is 1. The summed E-state index contributed by atoms with van der Waals surface area (Å²) in [5.74, 6) is -4.35. The molecule has 1 heterocycles. The SMILES string of the molecule is O=C(CN(C(=O)c1cccc([N+](=O)[O-])c1)N1C(=O)[C@@H]2C[C@H](Br)[C@@H](Br)C[C@H]2C1=O)c1ccc([N+](=O)[O-])cc1. The highest BCUT2D eigenvalue weighted by Crippen LogP contribution is 2.43. The number of rotatable bonds is 7. The maximum atomic E-state index is 13.5. The van der Waals surface area contributed by atoms with Crippen molar-refractivity contribution in [3.8, 4) is 0 Å². The first-order valence-corrected chi connectivity index (χ1v) is 12.8. The molecule has 12 nitrogen and oxygen atoms in total. The molecule has 0 unspecified atom stereocenters. The summed E-state index contributed by atoms with van der Waals surface area (Å²) < 4.78 is 0. The third-order valence-corrected chi connectivity index (χ3v) is 9.09. The molecule has 3 amide bonds. The number of hydrogen-bond acceptors (Lipinski definition) is 8. The smallest absolute Gasteiger partial charge is 0.273 e. The van der Waals surface area contributed by atoms with E-state index in [2.05, 4.69) is 31.9 Å². The van der Waals surface area contributed by atoms with Crippen LogP contribution in [0.3, 0.4) is 0 Å². The maximum absolute atomic E-state index is 13.5. The molecule has 0 N–H and O–H groups in total. The van der Waals surface area contributed by atoms with E-state index >= 15 is 0 Å². The molecule has 4 rings (SSSR count). The van der Waals surface area contributed by atoms with Crippen LogP contribution in [0.1, 0.15) is 33.6 Å². The minimum Gasteiger partial charge on any atom is -0.292 e. The van der Waals surface area contributed by atoms with Crippen LogP contribution in [0.15, 0.2) is 48.5 Å². The lowest BCUT2D eigenvalue weighted by Gasteiger charge is -2.30. The fourth-order valence-corrected chi connectivity index (χ4v) is 5.68. The Morgan fingerprint density at radius 3 is 1.92 bits per heavy atom. The van der Waals surface area contributed by atoms with Gasteiger partial charge in [-0.2, -0.15) is 5.01 Å². The summed E-state index contributed by atoms with van der Waals surface area (Å²) >= 11 is 6.99. The van der Waals surface area contributed by atoms with E-state index in [1.807, 2.05) is 0 Å². The number of alkyl halides is 2. The van der Waals surface area contributed by atoms with Gasteiger partial charge in [0.15, 0.2) is 5.78 Å². The fraction of sp³-hybridized carbons (Fsp3) is 0.304. The van der Waals surface area contributed by atoms with Crippen molar-refractivity contribution >= 4 is 66.7 Å². The summed E-state index contributed by atoms with van der Waals surface area (Å²) in [6, 6.07) is 9.37. The van der Waals surface area contributed by atoms with E-state index in [4.69, 9.17) is 0 Å². The normalized spacial score (nSPS) is 22.9. The topological polar surface area (TPSA) is 161 Å². The molecule has 4 atom stereocenters. The molecule has 1 saturated heterocycles. The van der Waals surface area contributed by atoms with E-state index in [1.54, 1.807) is 0 Å². The maximum Gasteiger partial charge on any atom is 0.273 e. The van der Waals surface area contributed by atoms with Gasteiger partial charge in [0.2, 0.25) is 0 Å². The number of non-ortho nitro benzene ring substituents is 2. The molecule has 1 aliphatic heterocycles. The Morgan fingerprint density at radius 2 is 1.41 bits per heavy atom. The Hall–Kier alpha value is -3.52. The van der Waals surface area contributed by atoms with Gasteiger partial charge in [-0.05, 0) is 31.0 Å². The van der Waals surface area contributed by atoms with Gasteiger partial charge in [-0.15, -0.1) is 0 Å². The average molecular weight is 638 g/mol. The summed E-state index contributed by atoms with van der Waals surface area (Å²) in [4.78, 5) is 74.0. The number of carbonyl (C=O) groups excluding carboxylic acids is 4. The summed E-state index contributed by atoms with van der Waals surface area (Å²) in [6.45, 7) is -0.744. The number of nitro groups is 2. The Morgan fingerprint density at radius 1 is 0.865 bits per heavy atom. The van der Waals surface area contributed by atoms with Crippen LogP contribution in [0, 0.1) is 32.1 Å². The Kier molecular flexibility index (Phi) is 7.50. The molecule has 14 heteroatoms. The van der Waals surface area contributed by atoms with Gasteiger partial charge in [0.25, 0.3) is 29.1 Å². The highest BCUT2D eigenvalue weighted by Gasteiger charge is 2.54. The molecule has 2 aromatic carbocycles. The van der Waals surface area contributed by atoms with Crippen molar-refractivity contribution in [1.82, 2.24) is 10.0 Å². The van der Waals surface area contributed by atoms with E-state index in [0.717, 1.165) is 18.2 Å². The molecule has 1 aliphatic carbocycles. The summed E-state index contributed by atoms with van der Waals surface area (Å²) in [5, 5.41) is 23.5. The largest absolute Gasteiger partial charge is 0.292 e. The Balaban J connectivity index is 1.71. The van der Waals surface area contributed by atoms with Crippen LogP contribution in [0.25, 0.3) is 0 Å². The first-order chi connectivity index (χ1) is 17.5. The number of carbonyl (C=O) groups is 4. The lowest BCUT2D eigenvalue weighted by Crippen LogP contribution is -2.52. The number of benzene rings is 2. The molecule has 2 fully saturated rings. The average Bonchev–Trinajstić information content (AvgIpc) is 3.11. The van der Waals surface area contributed by atoms with E-state index in [9.17, 15) is 39.4 Å². The third-order valence-electron chi connectivity index (χ3n) is 6.36. The second kappa shape index (κ2) is 10.5. The first-order valence-electron chi connectivity index (χ1n) is 11.0. The number of halogens is 2. The molecular weight excluding hydrogens is 620 g/mol. The Bertz CT molecular complexity index is 1290. The molecule has 0 radical (unpaired) electrons. The van der Waals surface area contributed by atoms with Gasteiger partial charge < -0.3 is 0 Å². The molecule has 0 aromatic heterocycles. The zero-order valence-electron chi connectivity index (χ0n) is 18.9. The molecule has 37 heavy (non-hydrogen) atoms. The van der Waals surface area contributed by atoms with E-state index in [0.29, 0.717) is 22.9 Å². The summed E-state index contributed by atoms with van der Waals surface area (Å²) in [5.41, 5.74) is -0.814. The number of nitro benzene ring substituents is 2. The van der Waals surface area contributed by atoms with E-state index < -0.39 is 51.7 Å². The molecule has 2 aliphatic rings. The number of nitrogens with zero attached hydrogens (tertiary/aromatic N) is 4. The van der Waals surface area contributed by atoms with Crippen LogP contribution >= 0.6 is 31.9 Å². The number of hydrogen-bond donors (Lipinski definition) is 0. The predicted octanol–water partition coefficient (Wildman–Crippen LogP) is 3.67. The first kappa shape index (κ1) is 26.5. The third kappa shape index (κ3) is 5.16. The van der Waals surface area contributed by atoms with Gasteiger partial charge in [0.05, 0.1) is 21.7 Å². The lowest BCUT2D eigenvalue weighted by atomic mass is 9.81. The highest BCUT2D eigenvalue weighted by atomic mass is 79.9. The van der Waals surface area contributed by atoms with Gasteiger partial charge >= 0.3 is 0 Å². The van der Waals surface area contributed by atoms with Crippen LogP contribution < -0.4 is 0 Å². The van der Waals surface area contributed by atoms with Crippen molar-refractivity contribution < 1.29 is 29.0 Å². The quantitative estimate of drug-likeness (QED) is 0.146. The monoisotopic (exact) mass is 636 g/mol. The van der Waals surface area contributed by atoms with Crippen LogP contribution in [0.2, 0.25) is 0 Å². The van der Waals surface area contributed by atoms with Gasteiger partial charge in [-0.25, -0.2) is 5.01 Å². The molecule has 2 aromatic rings.